The van der Waals surface area contributed by atoms with Crippen LogP contribution >= 0.6 is 22.7 Å². The lowest BCUT2D eigenvalue weighted by atomic mass is 10.0. The Balaban J connectivity index is 1.50. The van der Waals surface area contributed by atoms with Crippen LogP contribution in [-0.4, -0.2) is 40.2 Å². The third kappa shape index (κ3) is 4.90. The number of carboxylic acid groups (broad SMARTS) is 1. The summed E-state index contributed by atoms with van der Waals surface area (Å²) in [5.41, 5.74) is 3.62. The van der Waals surface area contributed by atoms with Gasteiger partial charge in [-0.05, 0) is 67.6 Å². The standard InChI is InChI=1S/C25H30N2O3S2/c1-5-16(4)30-21-8-7-18(9-15(21)3)22-11-26-24(32-22)23-17(6-2)10-20(31-23)14-27-12-19(13-27)25(28)29/h7-11,16,19H,5-6,12-14H2,1-4H3,(H,28,29)/t16-/m1/s1. The Labute approximate surface area is 197 Å². The molecule has 1 aliphatic heterocycles. The first-order valence-corrected chi connectivity index (χ1v) is 12.8. The van der Waals surface area contributed by atoms with Crippen LogP contribution in [0.15, 0.2) is 30.5 Å². The first kappa shape index (κ1) is 23.0. The number of thiophene rings is 1. The van der Waals surface area contributed by atoms with Crippen molar-refractivity contribution in [3.63, 3.8) is 0 Å². The van der Waals surface area contributed by atoms with E-state index in [1.165, 1.54) is 15.3 Å². The van der Waals surface area contributed by atoms with Crippen LogP contribution in [0.4, 0.5) is 0 Å². The number of nitrogens with zero attached hydrogens (tertiary/aromatic N) is 2. The molecule has 0 aliphatic carbocycles. The molecule has 4 rings (SSSR count). The summed E-state index contributed by atoms with van der Waals surface area (Å²) in [6.45, 7) is 10.6. The van der Waals surface area contributed by atoms with E-state index in [9.17, 15) is 4.79 Å². The van der Waals surface area contributed by atoms with Crippen molar-refractivity contribution in [1.82, 2.24) is 9.88 Å². The van der Waals surface area contributed by atoms with E-state index in [2.05, 4.69) is 56.9 Å². The molecule has 32 heavy (non-hydrogen) atoms. The first-order chi connectivity index (χ1) is 15.4. The van der Waals surface area contributed by atoms with Crippen LogP contribution in [0.2, 0.25) is 0 Å². The van der Waals surface area contributed by atoms with Gasteiger partial charge < -0.3 is 9.84 Å². The van der Waals surface area contributed by atoms with Gasteiger partial charge in [0.2, 0.25) is 0 Å². The van der Waals surface area contributed by atoms with E-state index in [4.69, 9.17) is 14.8 Å². The van der Waals surface area contributed by atoms with Crippen LogP contribution in [0.3, 0.4) is 0 Å². The lowest BCUT2D eigenvalue weighted by Gasteiger charge is -2.36. The minimum absolute atomic E-state index is 0.210. The van der Waals surface area contributed by atoms with Gasteiger partial charge in [0.05, 0.1) is 21.8 Å². The average molecular weight is 471 g/mol. The molecule has 0 saturated carbocycles. The number of ether oxygens (including phenoxy) is 1. The second kappa shape index (κ2) is 9.73. The Kier molecular flexibility index (Phi) is 6.98. The predicted octanol–water partition coefficient (Wildman–Crippen LogP) is 6.10. The molecule has 170 valence electrons. The van der Waals surface area contributed by atoms with E-state index in [1.54, 1.807) is 22.7 Å². The van der Waals surface area contributed by atoms with Crippen molar-refractivity contribution in [2.75, 3.05) is 13.1 Å². The number of thiazole rings is 1. The highest BCUT2D eigenvalue weighted by Gasteiger charge is 2.32. The molecule has 3 aromatic rings. The molecule has 1 aromatic carbocycles. The van der Waals surface area contributed by atoms with Gasteiger partial charge in [-0.2, -0.15) is 0 Å². The lowest BCUT2D eigenvalue weighted by Crippen LogP contribution is -2.49. The molecule has 1 saturated heterocycles. The number of hydrogen-bond acceptors (Lipinski definition) is 6. The Hall–Kier alpha value is -2.22. The van der Waals surface area contributed by atoms with E-state index >= 15 is 0 Å². The van der Waals surface area contributed by atoms with Gasteiger partial charge in [0.25, 0.3) is 0 Å². The van der Waals surface area contributed by atoms with Crippen LogP contribution in [0, 0.1) is 12.8 Å². The number of rotatable bonds is 9. The third-order valence-electron chi connectivity index (χ3n) is 5.99. The second-order valence-corrected chi connectivity index (χ2v) is 10.7. The van der Waals surface area contributed by atoms with Crippen LogP contribution in [-0.2, 0) is 17.8 Å². The molecule has 1 N–H and O–H groups in total. The summed E-state index contributed by atoms with van der Waals surface area (Å²) in [4.78, 5) is 21.7. The predicted molar refractivity (Wildman–Crippen MR) is 132 cm³/mol. The lowest BCUT2D eigenvalue weighted by molar-refractivity contribution is -0.147. The summed E-state index contributed by atoms with van der Waals surface area (Å²) in [7, 11) is 0. The molecule has 7 heteroatoms. The molecule has 1 fully saturated rings. The molecule has 0 spiro atoms. The van der Waals surface area contributed by atoms with E-state index in [0.29, 0.717) is 13.1 Å². The minimum Gasteiger partial charge on any atom is -0.490 e. The van der Waals surface area contributed by atoms with Crippen molar-refractivity contribution in [3.8, 4) is 26.1 Å². The number of carbonyl (C=O) groups is 1. The van der Waals surface area contributed by atoms with E-state index < -0.39 is 5.97 Å². The van der Waals surface area contributed by atoms with Gasteiger partial charge in [-0.15, -0.1) is 22.7 Å². The smallest absolute Gasteiger partial charge is 0.309 e. The molecular weight excluding hydrogens is 440 g/mol. The Morgan fingerprint density at radius 3 is 2.72 bits per heavy atom. The fourth-order valence-corrected chi connectivity index (χ4v) is 6.15. The summed E-state index contributed by atoms with van der Waals surface area (Å²) in [6.07, 6.45) is 4.12. The normalized spacial score (nSPS) is 15.5. The van der Waals surface area contributed by atoms with E-state index in [-0.39, 0.29) is 12.0 Å². The van der Waals surface area contributed by atoms with Gasteiger partial charge in [0.15, 0.2) is 0 Å². The molecule has 0 amide bonds. The SMILES string of the molecule is CCc1cc(CN2CC(C(=O)O)C2)sc1-c1ncc(-c2ccc(O[C@H](C)CC)c(C)c2)s1. The van der Waals surface area contributed by atoms with Crippen LogP contribution in [0.25, 0.3) is 20.3 Å². The number of carboxylic acids is 1. The fraction of sp³-hybridized carbons (Fsp3) is 0.440. The van der Waals surface area contributed by atoms with Gasteiger partial charge >= 0.3 is 5.97 Å². The summed E-state index contributed by atoms with van der Waals surface area (Å²) in [5, 5.41) is 10.1. The number of likely N-dealkylation sites (tertiary alicyclic amines) is 1. The Bertz CT molecular complexity index is 1100. The zero-order chi connectivity index (χ0) is 22.8. The Morgan fingerprint density at radius 2 is 2.06 bits per heavy atom. The number of aryl methyl sites for hydroxylation is 2. The summed E-state index contributed by atoms with van der Waals surface area (Å²) in [5.74, 6) is 0.0413. The monoisotopic (exact) mass is 470 g/mol. The van der Waals surface area contributed by atoms with Crippen LogP contribution in [0.1, 0.15) is 43.2 Å². The summed E-state index contributed by atoms with van der Waals surface area (Å²) >= 11 is 3.51. The van der Waals surface area contributed by atoms with Crippen molar-refractivity contribution in [3.05, 3.63) is 46.5 Å². The highest BCUT2D eigenvalue weighted by atomic mass is 32.1. The van der Waals surface area contributed by atoms with Gasteiger partial charge in [0.1, 0.15) is 10.8 Å². The molecular formula is C25H30N2O3S2. The van der Waals surface area contributed by atoms with Crippen LogP contribution < -0.4 is 4.74 Å². The number of aromatic nitrogens is 1. The topological polar surface area (TPSA) is 62.7 Å². The average Bonchev–Trinajstić information content (AvgIpc) is 3.38. The van der Waals surface area contributed by atoms with Gasteiger partial charge in [-0.1, -0.05) is 13.8 Å². The van der Waals surface area contributed by atoms with E-state index in [1.807, 2.05) is 6.20 Å². The Morgan fingerprint density at radius 1 is 1.28 bits per heavy atom. The zero-order valence-electron chi connectivity index (χ0n) is 19.1. The highest BCUT2D eigenvalue weighted by molar-refractivity contribution is 7.23. The molecule has 2 aromatic heterocycles. The molecule has 1 atom stereocenters. The second-order valence-electron chi connectivity index (χ2n) is 8.50. The maximum atomic E-state index is 11.1. The van der Waals surface area contributed by atoms with Crippen molar-refractivity contribution < 1.29 is 14.6 Å². The molecule has 0 bridgehead atoms. The van der Waals surface area contributed by atoms with Gasteiger partial charge in [-0.3, -0.25) is 9.69 Å². The minimum atomic E-state index is -0.688. The van der Waals surface area contributed by atoms with Crippen molar-refractivity contribution in [2.24, 2.45) is 5.92 Å². The quantitative estimate of drug-likeness (QED) is 0.409. The maximum Gasteiger partial charge on any atom is 0.309 e. The van der Waals surface area contributed by atoms with Crippen molar-refractivity contribution in [2.45, 2.75) is 53.2 Å². The molecule has 0 unspecified atom stereocenters. The number of benzene rings is 1. The van der Waals surface area contributed by atoms with Gasteiger partial charge in [-0.25, -0.2) is 4.98 Å². The molecule has 0 radical (unpaired) electrons. The molecule has 3 heterocycles. The summed E-state index contributed by atoms with van der Waals surface area (Å²) < 4.78 is 6.01. The zero-order valence-corrected chi connectivity index (χ0v) is 20.7. The third-order valence-corrected chi connectivity index (χ3v) is 8.35. The maximum absolute atomic E-state index is 11.1. The number of hydrogen-bond donors (Lipinski definition) is 1. The highest BCUT2D eigenvalue weighted by Crippen LogP contribution is 2.40. The largest absolute Gasteiger partial charge is 0.490 e. The molecule has 5 nitrogen and oxygen atoms in total. The number of aliphatic carboxylic acids is 1. The fourth-order valence-electron chi connectivity index (χ4n) is 3.83. The molecule has 1 aliphatic rings. The van der Waals surface area contributed by atoms with Crippen molar-refractivity contribution >= 4 is 28.6 Å². The van der Waals surface area contributed by atoms with Crippen molar-refractivity contribution in [1.29, 1.82) is 0 Å². The van der Waals surface area contributed by atoms with Gasteiger partial charge in [0, 0.05) is 30.7 Å². The summed E-state index contributed by atoms with van der Waals surface area (Å²) in [6, 6.07) is 8.62. The van der Waals surface area contributed by atoms with E-state index in [0.717, 1.165) is 46.1 Å². The van der Waals surface area contributed by atoms with Crippen LogP contribution in [0.5, 0.6) is 5.75 Å². The first-order valence-electron chi connectivity index (χ1n) is 11.2.